The van der Waals surface area contributed by atoms with Crippen molar-refractivity contribution >= 4 is 23.0 Å². The summed E-state index contributed by atoms with van der Waals surface area (Å²) in [4.78, 5) is 7.40. The first kappa shape index (κ1) is 13.8. The molecule has 1 aliphatic heterocycles. The van der Waals surface area contributed by atoms with E-state index in [2.05, 4.69) is 16.8 Å². The zero-order valence-electron chi connectivity index (χ0n) is 12.2. The lowest BCUT2D eigenvalue weighted by molar-refractivity contribution is 0.226. The minimum Gasteiger partial charge on any atom is -0.389 e. The van der Waals surface area contributed by atoms with Crippen molar-refractivity contribution < 1.29 is 0 Å². The standard InChI is InChI=1S/C16H23N3S/c1-12-4-9-18-15(13(12)14(17)20)19-10-7-16(8-11-19)5-2-3-6-16/h4,9H,2-3,5-8,10-11H2,1H3,(H2,17,20). The van der Waals surface area contributed by atoms with Gasteiger partial charge in [0.2, 0.25) is 0 Å². The van der Waals surface area contributed by atoms with Gasteiger partial charge in [-0.25, -0.2) is 4.98 Å². The van der Waals surface area contributed by atoms with E-state index in [9.17, 15) is 0 Å². The molecule has 0 radical (unpaired) electrons. The molecule has 108 valence electrons. The summed E-state index contributed by atoms with van der Waals surface area (Å²) >= 11 is 5.22. The van der Waals surface area contributed by atoms with Crippen molar-refractivity contribution in [3.8, 4) is 0 Å². The van der Waals surface area contributed by atoms with Gasteiger partial charge in [0.25, 0.3) is 0 Å². The van der Waals surface area contributed by atoms with E-state index in [0.29, 0.717) is 10.4 Å². The van der Waals surface area contributed by atoms with Gasteiger partial charge in [-0.2, -0.15) is 0 Å². The number of anilines is 1. The molecular formula is C16H23N3S. The molecule has 0 amide bonds. The molecule has 4 heteroatoms. The van der Waals surface area contributed by atoms with E-state index in [1.54, 1.807) is 0 Å². The first-order chi connectivity index (χ1) is 9.61. The number of nitrogens with two attached hydrogens (primary N) is 1. The van der Waals surface area contributed by atoms with Crippen molar-refractivity contribution in [2.75, 3.05) is 18.0 Å². The highest BCUT2D eigenvalue weighted by atomic mass is 32.1. The average molecular weight is 289 g/mol. The van der Waals surface area contributed by atoms with Gasteiger partial charge >= 0.3 is 0 Å². The maximum atomic E-state index is 5.90. The van der Waals surface area contributed by atoms with Crippen LogP contribution in [0.25, 0.3) is 0 Å². The molecule has 2 heterocycles. The highest BCUT2D eigenvalue weighted by Gasteiger charge is 2.37. The van der Waals surface area contributed by atoms with E-state index in [1.807, 2.05) is 12.3 Å². The summed E-state index contributed by atoms with van der Waals surface area (Å²) in [5.74, 6) is 0.991. The van der Waals surface area contributed by atoms with E-state index in [4.69, 9.17) is 18.0 Å². The Morgan fingerprint density at radius 3 is 2.50 bits per heavy atom. The second-order valence-corrected chi connectivity index (χ2v) is 6.82. The molecule has 2 N–H and O–H groups in total. The molecule has 0 atom stereocenters. The average Bonchev–Trinajstić information content (AvgIpc) is 2.87. The Labute approximate surface area is 126 Å². The van der Waals surface area contributed by atoms with Crippen LogP contribution in [0.5, 0.6) is 0 Å². The molecule has 1 saturated heterocycles. The fraction of sp³-hybridized carbons (Fsp3) is 0.625. The van der Waals surface area contributed by atoms with E-state index in [1.165, 1.54) is 38.5 Å². The lowest BCUT2D eigenvalue weighted by Gasteiger charge is -2.40. The first-order valence-electron chi connectivity index (χ1n) is 7.62. The van der Waals surface area contributed by atoms with E-state index < -0.39 is 0 Å². The van der Waals surface area contributed by atoms with Crippen LogP contribution in [-0.4, -0.2) is 23.1 Å². The number of aryl methyl sites for hydroxylation is 1. The molecule has 1 aliphatic carbocycles. The summed E-state index contributed by atoms with van der Waals surface area (Å²) in [6.45, 7) is 4.24. The zero-order chi connectivity index (χ0) is 14.2. The van der Waals surface area contributed by atoms with Crippen LogP contribution >= 0.6 is 12.2 Å². The molecule has 0 bridgehead atoms. The van der Waals surface area contributed by atoms with Crippen LogP contribution < -0.4 is 10.6 Å². The molecule has 1 saturated carbocycles. The monoisotopic (exact) mass is 289 g/mol. The molecule has 1 spiro atoms. The number of aromatic nitrogens is 1. The summed E-state index contributed by atoms with van der Waals surface area (Å²) in [5.41, 5.74) is 8.62. The number of rotatable bonds is 2. The van der Waals surface area contributed by atoms with E-state index in [0.717, 1.165) is 30.0 Å². The van der Waals surface area contributed by atoms with Crippen LogP contribution in [0.2, 0.25) is 0 Å². The lowest BCUT2D eigenvalue weighted by atomic mass is 9.77. The van der Waals surface area contributed by atoms with Gasteiger partial charge in [0.15, 0.2) is 0 Å². The SMILES string of the molecule is Cc1ccnc(N2CCC3(CCCC3)CC2)c1C(N)=S. The van der Waals surface area contributed by atoms with Gasteiger partial charge in [0, 0.05) is 19.3 Å². The number of pyridine rings is 1. The van der Waals surface area contributed by atoms with E-state index in [-0.39, 0.29) is 0 Å². The summed E-state index contributed by atoms with van der Waals surface area (Å²) < 4.78 is 0. The maximum absolute atomic E-state index is 5.90. The minimum absolute atomic E-state index is 0.465. The van der Waals surface area contributed by atoms with Gasteiger partial charge in [0.05, 0.1) is 5.56 Å². The molecule has 3 nitrogen and oxygen atoms in total. The van der Waals surface area contributed by atoms with Crippen molar-refractivity contribution in [2.24, 2.45) is 11.1 Å². The van der Waals surface area contributed by atoms with Crippen LogP contribution in [0.15, 0.2) is 12.3 Å². The van der Waals surface area contributed by atoms with Crippen LogP contribution in [0.1, 0.15) is 49.7 Å². The Hall–Kier alpha value is -1.16. The molecule has 1 aromatic rings. The van der Waals surface area contributed by atoms with Gasteiger partial charge in [-0.15, -0.1) is 0 Å². The summed E-state index contributed by atoms with van der Waals surface area (Å²) in [5, 5.41) is 0. The second kappa shape index (κ2) is 5.32. The van der Waals surface area contributed by atoms with Crippen molar-refractivity contribution in [2.45, 2.75) is 45.4 Å². The largest absolute Gasteiger partial charge is 0.389 e. The normalized spacial score (nSPS) is 21.4. The Kier molecular flexibility index (Phi) is 3.67. The van der Waals surface area contributed by atoms with Crippen LogP contribution in [-0.2, 0) is 0 Å². The topological polar surface area (TPSA) is 42.2 Å². The number of nitrogens with zero attached hydrogens (tertiary/aromatic N) is 2. The third kappa shape index (κ3) is 2.41. The van der Waals surface area contributed by atoms with Gasteiger partial charge in [-0.05, 0) is 49.7 Å². The van der Waals surface area contributed by atoms with Gasteiger partial charge in [-0.3, -0.25) is 0 Å². The van der Waals surface area contributed by atoms with Crippen molar-refractivity contribution in [1.82, 2.24) is 4.98 Å². The molecular weight excluding hydrogens is 266 g/mol. The molecule has 20 heavy (non-hydrogen) atoms. The first-order valence-corrected chi connectivity index (χ1v) is 8.03. The van der Waals surface area contributed by atoms with Crippen molar-refractivity contribution in [3.63, 3.8) is 0 Å². The second-order valence-electron chi connectivity index (χ2n) is 6.38. The number of hydrogen-bond donors (Lipinski definition) is 1. The molecule has 2 aliphatic rings. The van der Waals surface area contributed by atoms with Gasteiger partial charge in [0.1, 0.15) is 10.8 Å². The zero-order valence-corrected chi connectivity index (χ0v) is 13.0. The van der Waals surface area contributed by atoms with Crippen LogP contribution in [0, 0.1) is 12.3 Å². The van der Waals surface area contributed by atoms with Crippen LogP contribution in [0.3, 0.4) is 0 Å². The Bertz CT molecular complexity index is 510. The highest BCUT2D eigenvalue weighted by molar-refractivity contribution is 7.80. The minimum atomic E-state index is 0.465. The molecule has 3 rings (SSSR count). The highest BCUT2D eigenvalue weighted by Crippen LogP contribution is 2.46. The Morgan fingerprint density at radius 1 is 1.25 bits per heavy atom. The maximum Gasteiger partial charge on any atom is 0.139 e. The van der Waals surface area contributed by atoms with Crippen molar-refractivity contribution in [3.05, 3.63) is 23.4 Å². The smallest absolute Gasteiger partial charge is 0.139 e. The summed E-state index contributed by atoms with van der Waals surface area (Å²) in [7, 11) is 0. The van der Waals surface area contributed by atoms with E-state index >= 15 is 0 Å². The third-order valence-electron chi connectivity index (χ3n) is 5.17. The molecule has 0 aromatic carbocycles. The number of piperidine rings is 1. The third-order valence-corrected chi connectivity index (χ3v) is 5.38. The number of hydrogen-bond acceptors (Lipinski definition) is 3. The van der Waals surface area contributed by atoms with Gasteiger partial charge in [-0.1, -0.05) is 25.1 Å². The fourth-order valence-corrected chi connectivity index (χ4v) is 4.16. The Balaban J connectivity index is 1.81. The Morgan fingerprint density at radius 2 is 1.90 bits per heavy atom. The molecule has 0 unspecified atom stereocenters. The quantitative estimate of drug-likeness (QED) is 0.849. The predicted octanol–water partition coefficient (Wildman–Crippen LogP) is 3.18. The number of thiocarbonyl (C=S) groups is 1. The fourth-order valence-electron chi connectivity index (χ4n) is 3.91. The van der Waals surface area contributed by atoms with Crippen LogP contribution in [0.4, 0.5) is 5.82 Å². The van der Waals surface area contributed by atoms with Gasteiger partial charge < -0.3 is 10.6 Å². The predicted molar refractivity (Wildman–Crippen MR) is 87.2 cm³/mol. The summed E-state index contributed by atoms with van der Waals surface area (Å²) in [6, 6.07) is 1.99. The summed E-state index contributed by atoms with van der Waals surface area (Å²) in [6.07, 6.45) is 10.1. The molecule has 1 aromatic heterocycles. The lowest BCUT2D eigenvalue weighted by Crippen LogP contribution is -2.40. The molecule has 2 fully saturated rings. The van der Waals surface area contributed by atoms with Crippen molar-refractivity contribution in [1.29, 1.82) is 0 Å².